The highest BCUT2D eigenvalue weighted by Gasteiger charge is 2.31. The summed E-state index contributed by atoms with van der Waals surface area (Å²) >= 11 is 0. The molecule has 33 heavy (non-hydrogen) atoms. The second-order valence-electron chi connectivity index (χ2n) is 7.49. The molecule has 3 aromatic rings. The van der Waals surface area contributed by atoms with Crippen molar-refractivity contribution in [1.29, 1.82) is 0 Å². The van der Waals surface area contributed by atoms with E-state index in [1.54, 1.807) is 13.0 Å². The van der Waals surface area contributed by atoms with Gasteiger partial charge in [0.25, 0.3) is 0 Å². The first kappa shape index (κ1) is 24.0. The van der Waals surface area contributed by atoms with Gasteiger partial charge in [-0.2, -0.15) is 18.3 Å². The number of rotatable bonds is 6. The smallest absolute Gasteiger partial charge is 0.416 e. The predicted molar refractivity (Wildman–Crippen MR) is 114 cm³/mol. The number of ether oxygens (including phenoxy) is 1. The van der Waals surface area contributed by atoms with Crippen LogP contribution in [-0.2, 0) is 17.5 Å². The fraction of sp³-hybridized carbons (Fsp3) is 0.304. The molecule has 0 saturated carbocycles. The molecule has 0 amide bonds. The van der Waals surface area contributed by atoms with Gasteiger partial charge in [-0.05, 0) is 52.0 Å². The Morgan fingerprint density at radius 2 is 1.76 bits per heavy atom. The van der Waals surface area contributed by atoms with Gasteiger partial charge in [0.1, 0.15) is 0 Å². The van der Waals surface area contributed by atoms with E-state index in [1.807, 2.05) is 18.4 Å². The van der Waals surface area contributed by atoms with E-state index in [4.69, 9.17) is 4.74 Å². The largest absolute Gasteiger partial charge is 0.452 e. The molecular weight excluding hydrogens is 439 g/mol. The van der Waals surface area contributed by atoms with Crippen LogP contribution in [0.3, 0.4) is 0 Å². The van der Waals surface area contributed by atoms with Crippen molar-refractivity contribution in [3.05, 3.63) is 80.5 Å². The minimum Gasteiger partial charge on any atom is -0.452 e. The topological polar surface area (TPSA) is 83.2 Å². The van der Waals surface area contributed by atoms with E-state index < -0.39 is 41.2 Å². The zero-order valence-electron chi connectivity index (χ0n) is 18.5. The van der Waals surface area contributed by atoms with Crippen molar-refractivity contribution in [1.82, 2.24) is 14.3 Å². The molecule has 2 heterocycles. The van der Waals surface area contributed by atoms with Gasteiger partial charge >= 0.3 is 12.1 Å². The van der Waals surface area contributed by atoms with Crippen LogP contribution >= 0.6 is 0 Å². The summed E-state index contributed by atoms with van der Waals surface area (Å²) in [4.78, 5) is 37.3. The molecule has 0 spiro atoms. The van der Waals surface area contributed by atoms with Gasteiger partial charge < -0.3 is 9.30 Å². The second kappa shape index (κ2) is 9.05. The zero-order valence-corrected chi connectivity index (χ0v) is 18.5. The first-order chi connectivity index (χ1) is 15.4. The SMILES string of the molecule is CCn1c(C)cc(C(=O)COC(=O)c2nn(-c3cccc(C(F)(F)F)c3)c(C)cc2=O)c1C. The number of aromatic nitrogens is 3. The average molecular weight is 461 g/mol. The maximum absolute atomic E-state index is 13.1. The number of aryl methyl sites for hydroxylation is 2. The van der Waals surface area contributed by atoms with E-state index in [9.17, 15) is 27.6 Å². The number of carbonyl (C=O) groups excluding carboxylic acids is 2. The molecule has 0 N–H and O–H groups in total. The molecule has 0 atom stereocenters. The molecule has 0 aliphatic carbocycles. The standard InChI is InChI=1S/C23H22F3N3O4/c1-5-28-13(2)9-18(15(28)4)20(31)12-33-22(32)21-19(30)10-14(3)29(27-21)17-8-6-7-16(11-17)23(24,25)26/h6-11H,5,12H2,1-4H3. The van der Waals surface area contributed by atoms with Crippen LogP contribution < -0.4 is 5.43 Å². The number of Topliss-reactive ketones (excluding diaryl/α,β-unsaturated/α-hetero) is 1. The van der Waals surface area contributed by atoms with Crippen molar-refractivity contribution in [2.75, 3.05) is 6.61 Å². The summed E-state index contributed by atoms with van der Waals surface area (Å²) in [6, 6.07) is 7.08. The highest BCUT2D eigenvalue weighted by Crippen LogP contribution is 2.30. The zero-order chi connectivity index (χ0) is 24.5. The van der Waals surface area contributed by atoms with Crippen molar-refractivity contribution in [3.8, 4) is 5.69 Å². The van der Waals surface area contributed by atoms with Crippen molar-refractivity contribution < 1.29 is 27.5 Å². The van der Waals surface area contributed by atoms with Crippen LogP contribution in [0.5, 0.6) is 0 Å². The lowest BCUT2D eigenvalue weighted by Gasteiger charge is -2.13. The van der Waals surface area contributed by atoms with Crippen LogP contribution in [-0.4, -0.2) is 32.7 Å². The first-order valence-electron chi connectivity index (χ1n) is 10.1. The third-order valence-corrected chi connectivity index (χ3v) is 5.24. The van der Waals surface area contributed by atoms with Gasteiger partial charge in [0.05, 0.1) is 11.3 Å². The Bertz CT molecular complexity index is 1290. The van der Waals surface area contributed by atoms with Gasteiger partial charge in [-0.15, -0.1) is 0 Å². The van der Waals surface area contributed by atoms with Gasteiger partial charge in [-0.3, -0.25) is 9.59 Å². The molecule has 0 radical (unpaired) electrons. The number of nitrogens with zero attached hydrogens (tertiary/aromatic N) is 3. The molecule has 0 unspecified atom stereocenters. The van der Waals surface area contributed by atoms with Gasteiger partial charge in [-0.25, -0.2) is 9.48 Å². The summed E-state index contributed by atoms with van der Waals surface area (Å²) in [6.07, 6.45) is -4.57. The van der Waals surface area contributed by atoms with Gasteiger partial charge in [-0.1, -0.05) is 6.07 Å². The molecule has 10 heteroatoms. The Hall–Kier alpha value is -3.69. The van der Waals surface area contributed by atoms with Crippen LogP contribution in [0.25, 0.3) is 5.69 Å². The Morgan fingerprint density at radius 3 is 2.36 bits per heavy atom. The van der Waals surface area contributed by atoms with Crippen LogP contribution in [0.15, 0.2) is 41.2 Å². The van der Waals surface area contributed by atoms with Crippen LogP contribution in [0.2, 0.25) is 0 Å². The fourth-order valence-electron chi connectivity index (χ4n) is 3.61. The minimum atomic E-state index is -4.57. The number of alkyl halides is 3. The number of hydrogen-bond donors (Lipinski definition) is 0. The molecule has 1 aromatic carbocycles. The summed E-state index contributed by atoms with van der Waals surface area (Å²) in [5.74, 6) is -1.58. The Labute approximate surface area is 187 Å². The molecule has 174 valence electrons. The molecule has 7 nitrogen and oxygen atoms in total. The number of esters is 1. The van der Waals surface area contributed by atoms with E-state index >= 15 is 0 Å². The highest BCUT2D eigenvalue weighted by molar-refractivity contribution is 6.00. The number of halogens is 3. The number of benzene rings is 1. The normalized spacial score (nSPS) is 11.5. The summed E-state index contributed by atoms with van der Waals surface area (Å²) in [6.45, 7) is 7.11. The number of carbonyl (C=O) groups is 2. The minimum absolute atomic E-state index is 0.0134. The van der Waals surface area contributed by atoms with Crippen molar-refractivity contribution in [2.24, 2.45) is 0 Å². The summed E-state index contributed by atoms with van der Waals surface area (Å²) in [5, 5.41) is 3.91. The molecular formula is C23H22F3N3O4. The Morgan fingerprint density at radius 1 is 1.06 bits per heavy atom. The third-order valence-electron chi connectivity index (χ3n) is 5.24. The molecule has 0 aliphatic rings. The maximum Gasteiger partial charge on any atom is 0.416 e. The van der Waals surface area contributed by atoms with Crippen molar-refractivity contribution in [2.45, 2.75) is 40.4 Å². The molecule has 2 aromatic heterocycles. The van der Waals surface area contributed by atoms with Crippen molar-refractivity contribution >= 4 is 11.8 Å². The summed E-state index contributed by atoms with van der Waals surface area (Å²) in [5.41, 5.74) is -0.0504. The lowest BCUT2D eigenvalue weighted by molar-refractivity contribution is -0.137. The summed E-state index contributed by atoms with van der Waals surface area (Å²) in [7, 11) is 0. The quantitative estimate of drug-likeness (QED) is 0.409. The van der Waals surface area contributed by atoms with E-state index in [0.717, 1.165) is 34.3 Å². The molecule has 0 bridgehead atoms. The molecule has 0 aliphatic heterocycles. The molecule has 3 rings (SSSR count). The van der Waals surface area contributed by atoms with Gasteiger partial charge in [0, 0.05) is 35.3 Å². The van der Waals surface area contributed by atoms with E-state index in [1.165, 1.54) is 19.1 Å². The van der Waals surface area contributed by atoms with Crippen LogP contribution in [0.4, 0.5) is 13.2 Å². The monoisotopic (exact) mass is 461 g/mol. The molecule has 0 saturated heterocycles. The van der Waals surface area contributed by atoms with Crippen LogP contribution in [0, 0.1) is 20.8 Å². The predicted octanol–water partition coefficient (Wildman–Crippen LogP) is 4.04. The number of ketones is 1. The highest BCUT2D eigenvalue weighted by atomic mass is 19.4. The molecule has 0 fully saturated rings. The second-order valence-corrected chi connectivity index (χ2v) is 7.49. The maximum atomic E-state index is 13.1. The van der Waals surface area contributed by atoms with E-state index in [2.05, 4.69) is 5.10 Å². The number of hydrogen-bond acceptors (Lipinski definition) is 5. The fourth-order valence-corrected chi connectivity index (χ4v) is 3.61. The Balaban J connectivity index is 1.86. The van der Waals surface area contributed by atoms with Gasteiger partial charge in [0.15, 0.2) is 6.61 Å². The Kier molecular flexibility index (Phi) is 6.57. The lowest BCUT2D eigenvalue weighted by atomic mass is 10.1. The lowest BCUT2D eigenvalue weighted by Crippen LogP contribution is -2.26. The van der Waals surface area contributed by atoms with E-state index in [0.29, 0.717) is 12.1 Å². The first-order valence-corrected chi connectivity index (χ1v) is 10.1. The van der Waals surface area contributed by atoms with Gasteiger partial charge in [0.2, 0.25) is 16.9 Å². The van der Waals surface area contributed by atoms with E-state index in [-0.39, 0.29) is 11.4 Å². The average Bonchev–Trinajstić information content (AvgIpc) is 3.04. The third kappa shape index (κ3) is 4.89. The van der Waals surface area contributed by atoms with Crippen LogP contribution in [0.1, 0.15) is 50.4 Å². The summed E-state index contributed by atoms with van der Waals surface area (Å²) < 4.78 is 47.2. The van der Waals surface area contributed by atoms with Crippen molar-refractivity contribution in [3.63, 3.8) is 0 Å².